The maximum Gasteiger partial charge on any atom is 0.270 e. The molecule has 1 amide bonds. The highest BCUT2D eigenvalue weighted by Crippen LogP contribution is 2.34. The Morgan fingerprint density at radius 2 is 2.00 bits per heavy atom. The average molecular weight is 341 g/mol. The number of thiophene rings is 1. The van der Waals surface area contributed by atoms with Crippen LogP contribution in [0.25, 0.3) is 10.6 Å². The van der Waals surface area contributed by atoms with E-state index in [1.165, 1.54) is 11.3 Å². The van der Waals surface area contributed by atoms with Gasteiger partial charge in [-0.3, -0.25) is 4.79 Å². The molecule has 1 aliphatic heterocycles. The van der Waals surface area contributed by atoms with Crippen LogP contribution in [0.3, 0.4) is 0 Å². The van der Waals surface area contributed by atoms with Crippen molar-refractivity contribution in [3.63, 3.8) is 0 Å². The molecule has 3 aromatic rings. The number of aromatic nitrogens is 1. The summed E-state index contributed by atoms with van der Waals surface area (Å²) in [6.45, 7) is 1.52. The van der Waals surface area contributed by atoms with Crippen molar-refractivity contribution in [3.8, 4) is 10.6 Å². The summed E-state index contributed by atoms with van der Waals surface area (Å²) >= 11 is 3.10. The van der Waals surface area contributed by atoms with E-state index in [4.69, 9.17) is 0 Å². The molecule has 0 atom stereocenters. The van der Waals surface area contributed by atoms with E-state index in [9.17, 15) is 4.79 Å². The molecule has 1 aromatic carbocycles. The second-order valence-corrected chi connectivity index (χ2v) is 7.22. The van der Waals surface area contributed by atoms with Crippen molar-refractivity contribution in [2.75, 3.05) is 29.9 Å². The lowest BCUT2D eigenvalue weighted by molar-refractivity contribution is 0.0990. The van der Waals surface area contributed by atoms with Crippen molar-refractivity contribution in [1.82, 2.24) is 4.98 Å². The summed E-state index contributed by atoms with van der Waals surface area (Å²) in [7, 11) is 2.06. The molecule has 0 radical (unpaired) electrons. The molecular formula is C17H15N3OS2. The van der Waals surface area contributed by atoms with Crippen molar-refractivity contribution in [2.24, 2.45) is 0 Å². The van der Waals surface area contributed by atoms with E-state index in [0.717, 1.165) is 28.5 Å². The number of anilines is 2. The molecule has 6 heteroatoms. The van der Waals surface area contributed by atoms with Gasteiger partial charge in [0.05, 0.1) is 17.6 Å². The molecule has 0 fully saturated rings. The summed E-state index contributed by atoms with van der Waals surface area (Å²) < 4.78 is 0. The number of carbonyl (C=O) groups excluding carboxylic acids is 1. The number of likely N-dealkylation sites (N-methyl/N-ethyl adjacent to an activating group) is 1. The molecule has 4 nitrogen and oxygen atoms in total. The molecule has 2 aromatic heterocycles. The Labute approximate surface area is 142 Å². The van der Waals surface area contributed by atoms with Crippen molar-refractivity contribution >= 4 is 40.0 Å². The molecule has 116 valence electrons. The number of carbonyl (C=O) groups is 1. The molecule has 0 unspecified atom stereocenters. The lowest BCUT2D eigenvalue weighted by Gasteiger charge is -2.35. The third-order valence-electron chi connectivity index (χ3n) is 3.97. The number of thiazole rings is 1. The highest BCUT2D eigenvalue weighted by Gasteiger charge is 2.27. The first kappa shape index (κ1) is 14.4. The van der Waals surface area contributed by atoms with Crippen LogP contribution in [0, 0.1) is 0 Å². The Bertz CT molecular complexity index is 841. The van der Waals surface area contributed by atoms with E-state index in [0.29, 0.717) is 11.4 Å². The van der Waals surface area contributed by atoms with Gasteiger partial charge in [0.15, 0.2) is 0 Å². The van der Waals surface area contributed by atoms with Crippen LogP contribution in [-0.4, -0.2) is 31.0 Å². The minimum atomic E-state index is 0.0320. The summed E-state index contributed by atoms with van der Waals surface area (Å²) in [5.74, 6) is 0.0320. The zero-order chi connectivity index (χ0) is 15.8. The first-order valence-electron chi connectivity index (χ1n) is 7.34. The van der Waals surface area contributed by atoms with Gasteiger partial charge in [0.2, 0.25) is 0 Å². The molecule has 0 N–H and O–H groups in total. The van der Waals surface area contributed by atoms with E-state index >= 15 is 0 Å². The molecule has 0 aliphatic carbocycles. The Kier molecular flexibility index (Phi) is 3.63. The Morgan fingerprint density at radius 1 is 1.17 bits per heavy atom. The van der Waals surface area contributed by atoms with Gasteiger partial charge in [-0.2, -0.15) is 11.3 Å². The number of nitrogens with zero attached hydrogens (tertiary/aromatic N) is 3. The third kappa shape index (κ3) is 2.54. The standard InChI is InChI=1S/C17H15N3OS2/c1-19-7-8-20(14-5-3-2-4-13(14)19)17(21)15-10-18-16(23-15)12-6-9-22-11-12/h2-6,9-11H,7-8H2,1H3. The van der Waals surface area contributed by atoms with Crippen LogP contribution in [0.15, 0.2) is 47.3 Å². The second-order valence-electron chi connectivity index (χ2n) is 5.41. The zero-order valence-electron chi connectivity index (χ0n) is 12.6. The van der Waals surface area contributed by atoms with Crippen LogP contribution < -0.4 is 9.80 Å². The molecule has 1 aliphatic rings. The van der Waals surface area contributed by atoms with Crippen LogP contribution in [0.1, 0.15) is 9.67 Å². The van der Waals surface area contributed by atoms with Gasteiger partial charge < -0.3 is 9.80 Å². The fourth-order valence-electron chi connectivity index (χ4n) is 2.74. The number of hydrogen-bond acceptors (Lipinski definition) is 5. The third-order valence-corrected chi connectivity index (χ3v) is 5.69. The number of amides is 1. The number of rotatable bonds is 2. The van der Waals surface area contributed by atoms with Crippen LogP contribution in [0.5, 0.6) is 0 Å². The van der Waals surface area contributed by atoms with Crippen LogP contribution in [0.2, 0.25) is 0 Å². The van der Waals surface area contributed by atoms with Gasteiger partial charge in [0.1, 0.15) is 9.88 Å². The minimum Gasteiger partial charge on any atom is -0.371 e. The fourth-order valence-corrected chi connectivity index (χ4v) is 4.32. The maximum absolute atomic E-state index is 12.9. The number of fused-ring (bicyclic) bond motifs is 1. The van der Waals surface area contributed by atoms with Gasteiger partial charge in [0.25, 0.3) is 5.91 Å². The zero-order valence-corrected chi connectivity index (χ0v) is 14.2. The predicted octanol–water partition coefficient (Wildman–Crippen LogP) is 3.97. The first-order valence-corrected chi connectivity index (χ1v) is 9.10. The fraction of sp³-hybridized carbons (Fsp3) is 0.176. The van der Waals surface area contributed by atoms with Gasteiger partial charge in [-0.15, -0.1) is 11.3 Å². The van der Waals surface area contributed by atoms with Crippen molar-refractivity contribution in [2.45, 2.75) is 0 Å². The van der Waals surface area contributed by atoms with Crippen molar-refractivity contribution in [1.29, 1.82) is 0 Å². The maximum atomic E-state index is 12.9. The monoisotopic (exact) mass is 341 g/mol. The van der Waals surface area contributed by atoms with E-state index in [1.807, 2.05) is 34.5 Å². The normalized spacial score (nSPS) is 14.0. The van der Waals surface area contributed by atoms with E-state index in [-0.39, 0.29) is 5.91 Å². The summed E-state index contributed by atoms with van der Waals surface area (Å²) in [6, 6.07) is 10.1. The van der Waals surface area contributed by atoms with Crippen LogP contribution in [-0.2, 0) is 0 Å². The summed E-state index contributed by atoms with van der Waals surface area (Å²) in [6.07, 6.45) is 1.70. The molecule has 0 spiro atoms. The van der Waals surface area contributed by atoms with Gasteiger partial charge in [-0.1, -0.05) is 12.1 Å². The summed E-state index contributed by atoms with van der Waals surface area (Å²) in [4.78, 5) is 22.1. The Balaban J connectivity index is 1.67. The van der Waals surface area contributed by atoms with Gasteiger partial charge >= 0.3 is 0 Å². The quantitative estimate of drug-likeness (QED) is 0.708. The lowest BCUT2D eigenvalue weighted by atomic mass is 10.1. The van der Waals surface area contributed by atoms with E-state index in [1.54, 1.807) is 17.5 Å². The Hall–Kier alpha value is -2.18. The predicted molar refractivity (Wildman–Crippen MR) is 96.8 cm³/mol. The smallest absolute Gasteiger partial charge is 0.270 e. The highest BCUT2D eigenvalue weighted by atomic mass is 32.1. The number of hydrogen-bond donors (Lipinski definition) is 0. The Morgan fingerprint density at radius 3 is 2.78 bits per heavy atom. The summed E-state index contributed by atoms with van der Waals surface area (Å²) in [5, 5.41) is 4.98. The minimum absolute atomic E-state index is 0.0320. The van der Waals surface area contributed by atoms with Gasteiger partial charge in [-0.25, -0.2) is 4.98 Å². The average Bonchev–Trinajstić information content (AvgIpc) is 3.26. The lowest BCUT2D eigenvalue weighted by Crippen LogP contribution is -2.42. The van der Waals surface area contributed by atoms with Crippen LogP contribution >= 0.6 is 22.7 Å². The molecule has 4 rings (SSSR count). The summed E-state index contributed by atoms with van der Waals surface area (Å²) in [5.41, 5.74) is 3.14. The molecule has 0 saturated heterocycles. The van der Waals surface area contributed by atoms with Gasteiger partial charge in [-0.05, 0) is 23.6 Å². The largest absolute Gasteiger partial charge is 0.371 e. The van der Waals surface area contributed by atoms with E-state index < -0.39 is 0 Å². The molecule has 23 heavy (non-hydrogen) atoms. The highest BCUT2D eigenvalue weighted by molar-refractivity contribution is 7.17. The number of benzene rings is 1. The molecule has 0 bridgehead atoms. The van der Waals surface area contributed by atoms with Gasteiger partial charge in [0, 0.05) is 31.1 Å². The molecular weight excluding hydrogens is 326 g/mol. The number of para-hydroxylation sites is 2. The van der Waals surface area contributed by atoms with Crippen LogP contribution in [0.4, 0.5) is 11.4 Å². The van der Waals surface area contributed by atoms with Crippen molar-refractivity contribution in [3.05, 3.63) is 52.2 Å². The molecule has 0 saturated carbocycles. The topological polar surface area (TPSA) is 36.4 Å². The second kappa shape index (κ2) is 5.79. The van der Waals surface area contributed by atoms with E-state index in [2.05, 4.69) is 28.4 Å². The first-order chi connectivity index (χ1) is 11.2. The molecule has 3 heterocycles. The SMILES string of the molecule is CN1CCN(C(=O)c2cnc(-c3ccsc3)s2)c2ccccc21. The van der Waals surface area contributed by atoms with Crippen molar-refractivity contribution < 1.29 is 4.79 Å².